The molecule has 1 aromatic carbocycles. The second kappa shape index (κ2) is 7.08. The van der Waals surface area contributed by atoms with Crippen molar-refractivity contribution in [2.75, 3.05) is 18.4 Å². The second-order valence-electron chi connectivity index (χ2n) is 6.56. The third kappa shape index (κ3) is 4.07. The zero-order chi connectivity index (χ0) is 15.4. The molecule has 1 amide bonds. The summed E-state index contributed by atoms with van der Waals surface area (Å²) in [5, 5.41) is 3.15. The summed E-state index contributed by atoms with van der Waals surface area (Å²) in [6, 6.07) is 6.75. The van der Waals surface area contributed by atoms with Gasteiger partial charge in [0.15, 0.2) is 0 Å². The Morgan fingerprint density at radius 2 is 2.14 bits per heavy atom. The first-order valence-corrected chi connectivity index (χ1v) is 8.12. The van der Waals surface area contributed by atoms with Crippen LogP contribution in [0.2, 0.25) is 0 Å². The number of para-hydroxylation sites is 1. The lowest BCUT2D eigenvalue weighted by Crippen LogP contribution is -2.42. The third-order valence-corrected chi connectivity index (χ3v) is 4.48. The summed E-state index contributed by atoms with van der Waals surface area (Å²) in [4.78, 5) is 14.7. The van der Waals surface area contributed by atoms with Crippen LogP contribution in [0.1, 0.15) is 57.1 Å². The molecule has 1 aliphatic rings. The van der Waals surface area contributed by atoms with E-state index in [9.17, 15) is 4.79 Å². The molecule has 1 N–H and O–H groups in total. The molecule has 0 saturated carbocycles. The fourth-order valence-corrected chi connectivity index (χ4v) is 3.10. The average molecular weight is 288 g/mol. The minimum absolute atomic E-state index is 0.111. The van der Waals surface area contributed by atoms with E-state index >= 15 is 0 Å². The molecule has 0 spiro atoms. The summed E-state index contributed by atoms with van der Waals surface area (Å²) in [5.74, 6) is 0.522. The normalized spacial score (nSPS) is 19.8. The van der Waals surface area contributed by atoms with Crippen molar-refractivity contribution >= 4 is 11.6 Å². The number of nitrogens with zero attached hydrogens (tertiary/aromatic N) is 1. The van der Waals surface area contributed by atoms with E-state index in [4.69, 9.17) is 0 Å². The van der Waals surface area contributed by atoms with Crippen LogP contribution in [0.15, 0.2) is 18.2 Å². The standard InChI is InChI=1S/C18H28N2O/c1-13(2)16-10-7-8-14(3)18(16)19-17(21)12-20-11-6-5-9-15(20)4/h7-8,10,13,15H,5-6,9,11-12H2,1-4H3,(H,19,21)/t15-/m1/s1. The van der Waals surface area contributed by atoms with E-state index in [1.165, 1.54) is 24.8 Å². The quantitative estimate of drug-likeness (QED) is 0.910. The van der Waals surface area contributed by atoms with E-state index in [1.54, 1.807) is 0 Å². The molecular formula is C18H28N2O. The molecule has 1 fully saturated rings. The summed E-state index contributed by atoms with van der Waals surface area (Å²) in [7, 11) is 0. The van der Waals surface area contributed by atoms with Gasteiger partial charge in [0.25, 0.3) is 0 Å². The Hall–Kier alpha value is -1.35. The molecule has 0 aliphatic carbocycles. The molecule has 1 atom stereocenters. The first-order valence-electron chi connectivity index (χ1n) is 8.12. The van der Waals surface area contributed by atoms with Crippen LogP contribution in [0.3, 0.4) is 0 Å². The third-order valence-electron chi connectivity index (χ3n) is 4.48. The van der Waals surface area contributed by atoms with Crippen molar-refractivity contribution in [2.24, 2.45) is 0 Å². The van der Waals surface area contributed by atoms with Crippen LogP contribution >= 0.6 is 0 Å². The molecule has 2 rings (SSSR count). The smallest absolute Gasteiger partial charge is 0.238 e. The first-order chi connectivity index (χ1) is 9.99. The number of nitrogens with one attached hydrogen (secondary N) is 1. The van der Waals surface area contributed by atoms with Crippen molar-refractivity contribution in [3.05, 3.63) is 29.3 Å². The van der Waals surface area contributed by atoms with Crippen molar-refractivity contribution in [3.8, 4) is 0 Å². The predicted molar refractivity (Wildman–Crippen MR) is 88.8 cm³/mol. The fourth-order valence-electron chi connectivity index (χ4n) is 3.10. The Bertz CT molecular complexity index is 496. The van der Waals surface area contributed by atoms with E-state index in [1.807, 2.05) is 0 Å². The average Bonchev–Trinajstić information content (AvgIpc) is 2.43. The van der Waals surface area contributed by atoms with Gasteiger partial charge in [-0.05, 0) is 50.3 Å². The van der Waals surface area contributed by atoms with Gasteiger partial charge >= 0.3 is 0 Å². The number of hydrogen-bond acceptors (Lipinski definition) is 2. The highest BCUT2D eigenvalue weighted by Gasteiger charge is 2.21. The van der Waals surface area contributed by atoms with Crippen molar-refractivity contribution in [3.63, 3.8) is 0 Å². The molecular weight excluding hydrogens is 260 g/mol. The number of anilines is 1. The molecule has 3 heteroatoms. The Kier molecular flexibility index (Phi) is 5.40. The Morgan fingerprint density at radius 1 is 1.38 bits per heavy atom. The zero-order valence-electron chi connectivity index (χ0n) is 13.8. The lowest BCUT2D eigenvalue weighted by Gasteiger charge is -2.32. The zero-order valence-corrected chi connectivity index (χ0v) is 13.8. The second-order valence-corrected chi connectivity index (χ2v) is 6.56. The van der Waals surface area contributed by atoms with E-state index in [0.717, 1.165) is 17.8 Å². The minimum Gasteiger partial charge on any atom is -0.324 e. The number of hydrogen-bond donors (Lipinski definition) is 1. The maximum absolute atomic E-state index is 12.4. The van der Waals surface area contributed by atoms with Gasteiger partial charge < -0.3 is 5.32 Å². The Balaban J connectivity index is 2.06. The summed E-state index contributed by atoms with van der Waals surface area (Å²) in [6.45, 7) is 10.2. The number of rotatable bonds is 4. The van der Waals surface area contributed by atoms with Gasteiger partial charge in [-0.3, -0.25) is 9.69 Å². The van der Waals surface area contributed by atoms with Crippen LogP contribution in [0.5, 0.6) is 0 Å². The number of likely N-dealkylation sites (tertiary alicyclic amines) is 1. The highest BCUT2D eigenvalue weighted by molar-refractivity contribution is 5.94. The van der Waals surface area contributed by atoms with Crippen molar-refractivity contribution in [1.29, 1.82) is 0 Å². The molecule has 0 radical (unpaired) electrons. The minimum atomic E-state index is 0.111. The summed E-state index contributed by atoms with van der Waals surface area (Å²) in [6.07, 6.45) is 3.70. The maximum atomic E-state index is 12.4. The van der Waals surface area contributed by atoms with Crippen LogP contribution in [0, 0.1) is 6.92 Å². The van der Waals surface area contributed by atoms with E-state index in [2.05, 4.69) is 56.1 Å². The highest BCUT2D eigenvalue weighted by Crippen LogP contribution is 2.27. The molecule has 1 saturated heterocycles. The van der Waals surface area contributed by atoms with Gasteiger partial charge in [0.05, 0.1) is 6.54 Å². The molecule has 0 aromatic heterocycles. The number of amides is 1. The molecule has 116 valence electrons. The topological polar surface area (TPSA) is 32.3 Å². The number of carbonyl (C=O) groups excluding carboxylic acids is 1. The monoisotopic (exact) mass is 288 g/mol. The SMILES string of the molecule is Cc1cccc(C(C)C)c1NC(=O)CN1CCCC[C@H]1C. The van der Waals surface area contributed by atoms with Crippen molar-refractivity contribution in [2.45, 2.75) is 58.9 Å². The molecule has 3 nitrogen and oxygen atoms in total. The van der Waals surface area contributed by atoms with E-state index in [-0.39, 0.29) is 5.91 Å². The molecule has 0 unspecified atom stereocenters. The Labute approximate surface area is 128 Å². The van der Waals surface area contributed by atoms with E-state index < -0.39 is 0 Å². The summed E-state index contributed by atoms with van der Waals surface area (Å²) >= 11 is 0. The van der Waals surface area contributed by atoms with Crippen LogP contribution < -0.4 is 5.32 Å². The largest absolute Gasteiger partial charge is 0.324 e. The van der Waals surface area contributed by atoms with Crippen LogP contribution in [-0.4, -0.2) is 29.9 Å². The van der Waals surface area contributed by atoms with Crippen LogP contribution in [0.4, 0.5) is 5.69 Å². The van der Waals surface area contributed by atoms with Gasteiger partial charge in [-0.25, -0.2) is 0 Å². The Morgan fingerprint density at radius 3 is 2.81 bits per heavy atom. The van der Waals surface area contributed by atoms with Crippen molar-refractivity contribution < 1.29 is 4.79 Å². The number of aryl methyl sites for hydroxylation is 1. The van der Waals surface area contributed by atoms with Crippen molar-refractivity contribution in [1.82, 2.24) is 4.90 Å². The number of benzene rings is 1. The van der Waals surface area contributed by atoms with Crippen LogP contribution in [0.25, 0.3) is 0 Å². The van der Waals surface area contributed by atoms with Crippen LogP contribution in [-0.2, 0) is 4.79 Å². The predicted octanol–water partition coefficient (Wildman–Crippen LogP) is 3.93. The molecule has 0 bridgehead atoms. The molecule has 1 aromatic rings. The summed E-state index contributed by atoms with van der Waals surface area (Å²) < 4.78 is 0. The molecule has 1 heterocycles. The number of carbonyl (C=O) groups is 1. The molecule has 21 heavy (non-hydrogen) atoms. The highest BCUT2D eigenvalue weighted by atomic mass is 16.2. The van der Waals surface area contributed by atoms with Gasteiger partial charge in [-0.15, -0.1) is 0 Å². The van der Waals surface area contributed by atoms with Gasteiger partial charge in [-0.2, -0.15) is 0 Å². The van der Waals surface area contributed by atoms with Gasteiger partial charge in [0.2, 0.25) is 5.91 Å². The van der Waals surface area contributed by atoms with Gasteiger partial charge in [-0.1, -0.05) is 38.5 Å². The first kappa shape index (κ1) is 16.0. The lowest BCUT2D eigenvalue weighted by molar-refractivity contribution is -0.118. The fraction of sp³-hybridized carbons (Fsp3) is 0.611. The number of piperidine rings is 1. The summed E-state index contributed by atoms with van der Waals surface area (Å²) in [5.41, 5.74) is 3.36. The van der Waals surface area contributed by atoms with E-state index in [0.29, 0.717) is 18.5 Å². The lowest BCUT2D eigenvalue weighted by atomic mass is 9.98. The molecule has 1 aliphatic heterocycles. The van der Waals surface area contributed by atoms with Gasteiger partial charge in [0, 0.05) is 11.7 Å². The maximum Gasteiger partial charge on any atom is 0.238 e. The van der Waals surface area contributed by atoms with Gasteiger partial charge in [0.1, 0.15) is 0 Å².